The first-order chi connectivity index (χ1) is 9.33. The van der Waals surface area contributed by atoms with Crippen LogP contribution in [0.1, 0.15) is 48.0 Å². The van der Waals surface area contributed by atoms with Crippen molar-refractivity contribution in [2.75, 3.05) is 11.4 Å². The molecule has 19 heavy (non-hydrogen) atoms. The summed E-state index contributed by atoms with van der Waals surface area (Å²) in [6.07, 6.45) is 7.26. The molecule has 98 valence electrons. The molecule has 3 heteroatoms. The van der Waals surface area contributed by atoms with Crippen LogP contribution < -0.4 is 4.90 Å². The third-order valence-corrected chi connectivity index (χ3v) is 4.60. The SMILES string of the molecule is N#Cc1cc(C=O)ccc1N1CCC2CCCCC21. The molecular weight excluding hydrogens is 236 g/mol. The number of rotatable bonds is 2. The second-order valence-electron chi connectivity index (χ2n) is 5.60. The maximum Gasteiger partial charge on any atom is 0.150 e. The fraction of sp³-hybridized carbons (Fsp3) is 0.500. The smallest absolute Gasteiger partial charge is 0.150 e. The fourth-order valence-electron chi connectivity index (χ4n) is 3.67. The molecule has 0 spiro atoms. The standard InChI is InChI=1S/C16H18N2O/c17-10-14-9-12(11-19)5-6-16(14)18-8-7-13-3-1-2-4-15(13)18/h5-6,9,11,13,15H,1-4,7-8H2. The Morgan fingerprint density at radius 3 is 2.89 bits per heavy atom. The number of hydrogen-bond acceptors (Lipinski definition) is 3. The summed E-state index contributed by atoms with van der Waals surface area (Å²) in [5.41, 5.74) is 2.23. The lowest BCUT2D eigenvalue weighted by atomic mass is 9.85. The van der Waals surface area contributed by atoms with Crippen LogP contribution in [0.25, 0.3) is 0 Å². The summed E-state index contributed by atoms with van der Waals surface area (Å²) in [7, 11) is 0. The number of aldehydes is 1. The number of fused-ring (bicyclic) bond motifs is 1. The summed E-state index contributed by atoms with van der Waals surface area (Å²) in [5.74, 6) is 0.797. The van der Waals surface area contributed by atoms with E-state index >= 15 is 0 Å². The summed E-state index contributed by atoms with van der Waals surface area (Å²) in [6, 6.07) is 8.31. The van der Waals surface area contributed by atoms with Gasteiger partial charge in [-0.2, -0.15) is 5.26 Å². The molecule has 2 fully saturated rings. The maximum absolute atomic E-state index is 10.8. The monoisotopic (exact) mass is 254 g/mol. The van der Waals surface area contributed by atoms with Crippen molar-refractivity contribution in [3.63, 3.8) is 0 Å². The van der Waals surface area contributed by atoms with Gasteiger partial charge >= 0.3 is 0 Å². The lowest BCUT2D eigenvalue weighted by molar-refractivity contribution is 0.112. The quantitative estimate of drug-likeness (QED) is 0.761. The predicted octanol–water partition coefficient (Wildman–Crippen LogP) is 3.14. The molecule has 2 atom stereocenters. The second-order valence-corrected chi connectivity index (χ2v) is 5.60. The highest BCUT2D eigenvalue weighted by molar-refractivity contribution is 5.78. The Morgan fingerprint density at radius 2 is 2.11 bits per heavy atom. The van der Waals surface area contributed by atoms with E-state index in [1.54, 1.807) is 6.07 Å². The minimum atomic E-state index is 0.583. The summed E-state index contributed by atoms with van der Waals surface area (Å²) in [6.45, 7) is 1.05. The number of carbonyl (C=O) groups excluding carboxylic acids is 1. The fourth-order valence-corrected chi connectivity index (χ4v) is 3.67. The first-order valence-electron chi connectivity index (χ1n) is 7.09. The van der Waals surface area contributed by atoms with Gasteiger partial charge in [0.15, 0.2) is 0 Å². The summed E-state index contributed by atoms with van der Waals surface area (Å²) >= 11 is 0. The summed E-state index contributed by atoms with van der Waals surface area (Å²) in [4.78, 5) is 13.2. The van der Waals surface area contributed by atoms with E-state index in [1.807, 2.05) is 12.1 Å². The van der Waals surface area contributed by atoms with Crippen molar-refractivity contribution >= 4 is 12.0 Å². The minimum Gasteiger partial charge on any atom is -0.367 e. The van der Waals surface area contributed by atoms with E-state index in [1.165, 1.54) is 32.1 Å². The Hall–Kier alpha value is -1.82. The van der Waals surface area contributed by atoms with Crippen LogP contribution in [-0.4, -0.2) is 18.9 Å². The molecule has 1 aliphatic heterocycles. The molecule has 0 N–H and O–H groups in total. The van der Waals surface area contributed by atoms with Crippen LogP contribution in [-0.2, 0) is 0 Å². The molecule has 3 nitrogen and oxygen atoms in total. The third-order valence-electron chi connectivity index (χ3n) is 4.60. The average Bonchev–Trinajstić information content (AvgIpc) is 2.90. The van der Waals surface area contributed by atoms with Gasteiger partial charge < -0.3 is 4.90 Å². The van der Waals surface area contributed by atoms with Gasteiger partial charge in [0.05, 0.1) is 11.3 Å². The average molecular weight is 254 g/mol. The van der Waals surface area contributed by atoms with E-state index in [-0.39, 0.29) is 0 Å². The van der Waals surface area contributed by atoms with Crippen LogP contribution in [0.5, 0.6) is 0 Å². The van der Waals surface area contributed by atoms with E-state index in [9.17, 15) is 10.1 Å². The molecule has 1 aliphatic carbocycles. The first-order valence-corrected chi connectivity index (χ1v) is 7.09. The van der Waals surface area contributed by atoms with E-state index in [4.69, 9.17) is 0 Å². The molecule has 0 amide bonds. The molecule has 0 radical (unpaired) electrons. The molecule has 1 aromatic rings. The number of carbonyl (C=O) groups is 1. The molecule has 2 unspecified atom stereocenters. The van der Waals surface area contributed by atoms with E-state index in [0.717, 1.165) is 24.4 Å². The molecule has 0 bridgehead atoms. The van der Waals surface area contributed by atoms with Crippen LogP contribution in [0.2, 0.25) is 0 Å². The van der Waals surface area contributed by atoms with Crippen LogP contribution in [0.4, 0.5) is 5.69 Å². The largest absolute Gasteiger partial charge is 0.367 e. The molecule has 2 aliphatic rings. The Kier molecular flexibility index (Phi) is 3.25. The Bertz CT molecular complexity index is 532. The van der Waals surface area contributed by atoms with Crippen molar-refractivity contribution in [1.82, 2.24) is 0 Å². The third kappa shape index (κ3) is 2.12. The van der Waals surface area contributed by atoms with Gasteiger partial charge in [-0.25, -0.2) is 0 Å². The van der Waals surface area contributed by atoms with Crippen molar-refractivity contribution in [2.45, 2.75) is 38.1 Å². The van der Waals surface area contributed by atoms with Gasteiger partial charge in [0, 0.05) is 18.2 Å². The van der Waals surface area contributed by atoms with Crippen molar-refractivity contribution in [2.24, 2.45) is 5.92 Å². The Balaban J connectivity index is 1.94. The lowest BCUT2D eigenvalue weighted by Crippen LogP contribution is -2.35. The number of benzene rings is 1. The van der Waals surface area contributed by atoms with Gasteiger partial charge in [-0.15, -0.1) is 0 Å². The summed E-state index contributed by atoms with van der Waals surface area (Å²) < 4.78 is 0. The lowest BCUT2D eigenvalue weighted by Gasteiger charge is -2.33. The highest BCUT2D eigenvalue weighted by atomic mass is 16.1. The van der Waals surface area contributed by atoms with Gasteiger partial charge in [0.2, 0.25) is 0 Å². The van der Waals surface area contributed by atoms with Gasteiger partial charge in [-0.3, -0.25) is 4.79 Å². The van der Waals surface area contributed by atoms with Crippen molar-refractivity contribution in [3.05, 3.63) is 29.3 Å². The van der Waals surface area contributed by atoms with Crippen molar-refractivity contribution in [1.29, 1.82) is 5.26 Å². The van der Waals surface area contributed by atoms with Gasteiger partial charge in [0.25, 0.3) is 0 Å². The molecule has 1 saturated carbocycles. The van der Waals surface area contributed by atoms with Crippen LogP contribution >= 0.6 is 0 Å². The number of nitrogens with zero attached hydrogens (tertiary/aromatic N) is 2. The van der Waals surface area contributed by atoms with E-state index in [0.29, 0.717) is 17.2 Å². The molecular formula is C16H18N2O. The zero-order valence-electron chi connectivity index (χ0n) is 11.0. The van der Waals surface area contributed by atoms with E-state index < -0.39 is 0 Å². The zero-order valence-corrected chi connectivity index (χ0v) is 11.0. The van der Waals surface area contributed by atoms with Crippen LogP contribution in [0, 0.1) is 17.2 Å². The normalized spacial score (nSPS) is 25.7. The maximum atomic E-state index is 10.8. The molecule has 1 aromatic carbocycles. The van der Waals surface area contributed by atoms with Crippen LogP contribution in [0.3, 0.4) is 0 Å². The number of nitriles is 1. The highest BCUT2D eigenvalue weighted by Gasteiger charge is 2.36. The Morgan fingerprint density at radius 1 is 1.26 bits per heavy atom. The Labute approximate surface area is 113 Å². The van der Waals surface area contributed by atoms with Crippen molar-refractivity contribution < 1.29 is 4.79 Å². The number of hydrogen-bond donors (Lipinski definition) is 0. The van der Waals surface area contributed by atoms with Gasteiger partial charge in [-0.1, -0.05) is 12.8 Å². The van der Waals surface area contributed by atoms with Gasteiger partial charge in [0.1, 0.15) is 12.4 Å². The molecule has 0 aromatic heterocycles. The molecule has 1 heterocycles. The topological polar surface area (TPSA) is 44.1 Å². The zero-order chi connectivity index (χ0) is 13.2. The first kappa shape index (κ1) is 12.2. The summed E-state index contributed by atoms with van der Waals surface area (Å²) in [5, 5.41) is 9.30. The minimum absolute atomic E-state index is 0.583. The second kappa shape index (κ2) is 5.05. The molecule has 3 rings (SSSR count). The van der Waals surface area contributed by atoms with Crippen molar-refractivity contribution in [3.8, 4) is 6.07 Å². The molecule has 1 saturated heterocycles. The van der Waals surface area contributed by atoms with E-state index in [2.05, 4.69) is 11.0 Å². The number of anilines is 1. The van der Waals surface area contributed by atoms with Gasteiger partial charge in [-0.05, 0) is 43.4 Å². The highest BCUT2D eigenvalue weighted by Crippen LogP contribution is 2.39. The predicted molar refractivity (Wildman–Crippen MR) is 74.3 cm³/mol. The van der Waals surface area contributed by atoms with Crippen LogP contribution in [0.15, 0.2) is 18.2 Å².